The van der Waals surface area contributed by atoms with E-state index in [1.165, 1.54) is 12.1 Å². The third-order valence-electron chi connectivity index (χ3n) is 5.20. The highest BCUT2D eigenvalue weighted by molar-refractivity contribution is 5.79. The molecule has 1 atom stereocenters. The Morgan fingerprint density at radius 3 is 2.52 bits per heavy atom. The van der Waals surface area contributed by atoms with Gasteiger partial charge in [0.1, 0.15) is 0 Å². The normalized spacial score (nSPS) is 18.1. The Morgan fingerprint density at radius 1 is 1.24 bits per heavy atom. The number of benzene rings is 1. The van der Waals surface area contributed by atoms with Crippen molar-refractivity contribution in [2.45, 2.75) is 50.7 Å². The number of likely N-dealkylation sites (tertiary alicyclic amines) is 1. The van der Waals surface area contributed by atoms with Gasteiger partial charge in [-0.3, -0.25) is 9.89 Å². The van der Waals surface area contributed by atoms with Crippen LogP contribution >= 0.6 is 0 Å². The number of nitrogens with zero attached hydrogens (tertiary/aromatic N) is 2. The fourth-order valence-corrected chi connectivity index (χ4v) is 3.44. The average molecular weight is 420 g/mol. The number of nitrogens with one attached hydrogen (secondary N) is 2. The summed E-state index contributed by atoms with van der Waals surface area (Å²) in [5.41, 5.74) is 0.0152. The van der Waals surface area contributed by atoms with Gasteiger partial charge < -0.3 is 10.6 Å². The van der Waals surface area contributed by atoms with Crippen molar-refractivity contribution in [3.8, 4) is 0 Å². The molecule has 0 radical (unpaired) electrons. The number of guanidine groups is 1. The summed E-state index contributed by atoms with van der Waals surface area (Å²) in [6.45, 7) is 3.50. The molecule has 1 unspecified atom stereocenters. The van der Waals surface area contributed by atoms with E-state index in [-0.39, 0.29) is 18.5 Å². The number of piperidine rings is 1. The summed E-state index contributed by atoms with van der Waals surface area (Å²) in [6.07, 6.45) is -4.49. The van der Waals surface area contributed by atoms with Crippen LogP contribution in [0.1, 0.15) is 43.2 Å². The van der Waals surface area contributed by atoms with Gasteiger partial charge in [-0.25, -0.2) is 8.78 Å². The maximum atomic E-state index is 12.9. The van der Waals surface area contributed by atoms with E-state index in [2.05, 4.69) is 15.6 Å². The van der Waals surface area contributed by atoms with Crippen molar-refractivity contribution in [3.05, 3.63) is 35.4 Å². The van der Waals surface area contributed by atoms with E-state index in [4.69, 9.17) is 0 Å². The zero-order valence-corrected chi connectivity index (χ0v) is 16.8. The van der Waals surface area contributed by atoms with Crippen LogP contribution in [0.15, 0.2) is 29.3 Å². The summed E-state index contributed by atoms with van der Waals surface area (Å²) >= 11 is 0. The van der Waals surface area contributed by atoms with Crippen LogP contribution in [0.5, 0.6) is 0 Å². The third kappa shape index (κ3) is 7.79. The SMILES string of the molecule is CN=C(NCCC(C)c1cccc(C(F)(F)F)c1)NC1CCN(CC(F)F)CC1. The Kier molecular flexibility index (Phi) is 8.67. The molecule has 0 saturated carbocycles. The second kappa shape index (κ2) is 10.8. The molecule has 0 aliphatic carbocycles. The highest BCUT2D eigenvalue weighted by Gasteiger charge is 2.30. The Bertz CT molecular complexity index is 655. The zero-order valence-electron chi connectivity index (χ0n) is 16.8. The summed E-state index contributed by atoms with van der Waals surface area (Å²) in [5, 5.41) is 6.49. The van der Waals surface area contributed by atoms with Crippen molar-refractivity contribution in [2.24, 2.45) is 4.99 Å². The standard InChI is InChI=1S/C20H29F5N4/c1-14(15-4-3-5-16(12-15)20(23,24)25)6-9-27-19(26-2)28-17-7-10-29(11-8-17)13-18(21)22/h3-5,12,14,17-18H,6-11,13H2,1-2H3,(H2,26,27,28). The molecule has 1 aliphatic rings. The van der Waals surface area contributed by atoms with E-state index in [0.717, 1.165) is 18.9 Å². The van der Waals surface area contributed by atoms with Gasteiger partial charge in [0.25, 0.3) is 6.43 Å². The topological polar surface area (TPSA) is 39.7 Å². The van der Waals surface area contributed by atoms with Crippen LogP contribution in [0.2, 0.25) is 0 Å². The van der Waals surface area contributed by atoms with Gasteiger partial charge in [-0.1, -0.05) is 25.1 Å². The molecule has 0 bridgehead atoms. The minimum atomic E-state index is -4.34. The first-order valence-electron chi connectivity index (χ1n) is 9.84. The van der Waals surface area contributed by atoms with E-state index in [1.807, 2.05) is 6.92 Å². The van der Waals surface area contributed by atoms with Gasteiger partial charge in [-0.05, 0) is 36.8 Å². The molecular formula is C20H29F5N4. The van der Waals surface area contributed by atoms with Crippen LogP contribution in [0.4, 0.5) is 22.0 Å². The smallest absolute Gasteiger partial charge is 0.356 e. The van der Waals surface area contributed by atoms with Gasteiger partial charge in [0.05, 0.1) is 12.1 Å². The Labute approximate surface area is 168 Å². The fourth-order valence-electron chi connectivity index (χ4n) is 3.44. The van der Waals surface area contributed by atoms with Gasteiger partial charge >= 0.3 is 6.18 Å². The first-order valence-corrected chi connectivity index (χ1v) is 9.84. The maximum Gasteiger partial charge on any atom is 0.416 e. The molecule has 0 aromatic heterocycles. The number of rotatable bonds is 7. The fraction of sp³-hybridized carbons (Fsp3) is 0.650. The molecule has 0 amide bonds. The lowest BCUT2D eigenvalue weighted by Crippen LogP contribution is -2.49. The molecular weight excluding hydrogens is 391 g/mol. The molecule has 1 aromatic rings. The Morgan fingerprint density at radius 2 is 1.93 bits per heavy atom. The first-order chi connectivity index (χ1) is 13.7. The van der Waals surface area contributed by atoms with Crippen molar-refractivity contribution in [2.75, 3.05) is 33.2 Å². The molecule has 0 spiro atoms. The summed E-state index contributed by atoms with van der Waals surface area (Å²) in [5.74, 6) is 0.578. The average Bonchev–Trinajstić information content (AvgIpc) is 2.67. The molecule has 1 heterocycles. The molecule has 29 heavy (non-hydrogen) atoms. The van der Waals surface area contributed by atoms with Crippen LogP contribution < -0.4 is 10.6 Å². The van der Waals surface area contributed by atoms with Crippen LogP contribution in [-0.4, -0.2) is 56.6 Å². The maximum absolute atomic E-state index is 12.9. The van der Waals surface area contributed by atoms with Crippen molar-refractivity contribution in [3.63, 3.8) is 0 Å². The van der Waals surface area contributed by atoms with Gasteiger partial charge in [-0.15, -0.1) is 0 Å². The number of hydrogen-bond donors (Lipinski definition) is 2. The van der Waals surface area contributed by atoms with Gasteiger partial charge in [-0.2, -0.15) is 13.2 Å². The Balaban J connectivity index is 1.76. The van der Waals surface area contributed by atoms with E-state index in [0.29, 0.717) is 37.6 Å². The van der Waals surface area contributed by atoms with Crippen LogP contribution in [-0.2, 0) is 6.18 Å². The lowest BCUT2D eigenvalue weighted by atomic mass is 9.96. The zero-order chi connectivity index (χ0) is 21.4. The number of hydrogen-bond acceptors (Lipinski definition) is 2. The van der Waals surface area contributed by atoms with E-state index in [9.17, 15) is 22.0 Å². The summed E-state index contributed by atoms with van der Waals surface area (Å²) in [6, 6.07) is 5.58. The van der Waals surface area contributed by atoms with Crippen molar-refractivity contribution in [1.82, 2.24) is 15.5 Å². The first kappa shape index (κ1) is 23.4. The molecule has 9 heteroatoms. The van der Waals surface area contributed by atoms with Crippen LogP contribution in [0.3, 0.4) is 0 Å². The predicted octanol–water partition coefficient (Wildman–Crippen LogP) is 4.09. The summed E-state index contributed by atoms with van der Waals surface area (Å²) in [7, 11) is 1.65. The van der Waals surface area contributed by atoms with Crippen LogP contribution in [0.25, 0.3) is 0 Å². The molecule has 1 saturated heterocycles. The second-order valence-electron chi connectivity index (χ2n) is 7.42. The van der Waals surface area contributed by atoms with Gasteiger partial charge in [0.2, 0.25) is 0 Å². The molecule has 164 valence electrons. The monoisotopic (exact) mass is 420 g/mol. The third-order valence-corrected chi connectivity index (χ3v) is 5.20. The van der Waals surface area contributed by atoms with Gasteiger partial charge in [0, 0.05) is 32.7 Å². The minimum Gasteiger partial charge on any atom is -0.356 e. The number of alkyl halides is 5. The molecule has 1 aromatic carbocycles. The molecule has 1 fully saturated rings. The second-order valence-corrected chi connectivity index (χ2v) is 7.42. The number of halogens is 5. The highest BCUT2D eigenvalue weighted by Crippen LogP contribution is 2.31. The van der Waals surface area contributed by atoms with Gasteiger partial charge in [0.15, 0.2) is 5.96 Å². The Hall–Kier alpha value is -1.90. The van der Waals surface area contributed by atoms with E-state index in [1.54, 1.807) is 18.0 Å². The van der Waals surface area contributed by atoms with Crippen molar-refractivity contribution >= 4 is 5.96 Å². The molecule has 1 aliphatic heterocycles. The molecule has 4 nitrogen and oxygen atoms in total. The van der Waals surface area contributed by atoms with Crippen molar-refractivity contribution < 1.29 is 22.0 Å². The lowest BCUT2D eigenvalue weighted by molar-refractivity contribution is -0.137. The highest BCUT2D eigenvalue weighted by atomic mass is 19.4. The predicted molar refractivity (Wildman–Crippen MR) is 104 cm³/mol. The lowest BCUT2D eigenvalue weighted by Gasteiger charge is -2.32. The summed E-state index contributed by atoms with van der Waals surface area (Å²) < 4.78 is 63.5. The molecule has 2 N–H and O–H groups in total. The van der Waals surface area contributed by atoms with E-state index < -0.39 is 18.2 Å². The van der Waals surface area contributed by atoms with E-state index >= 15 is 0 Å². The minimum absolute atomic E-state index is 0.0412. The van der Waals surface area contributed by atoms with Crippen molar-refractivity contribution in [1.29, 1.82) is 0 Å². The molecule has 2 rings (SSSR count). The summed E-state index contributed by atoms with van der Waals surface area (Å²) in [4.78, 5) is 5.94. The number of aliphatic imine (C=N–C) groups is 1. The van der Waals surface area contributed by atoms with Crippen LogP contribution in [0, 0.1) is 0 Å². The quantitative estimate of drug-likeness (QED) is 0.397. The largest absolute Gasteiger partial charge is 0.416 e.